The number of amides is 2. The van der Waals surface area contributed by atoms with Gasteiger partial charge >= 0.3 is 0 Å². The summed E-state index contributed by atoms with van der Waals surface area (Å²) in [5.74, 6) is -0.0550. The van der Waals surface area contributed by atoms with Crippen molar-refractivity contribution in [3.05, 3.63) is 75.0 Å². The molecule has 0 atom stereocenters. The summed E-state index contributed by atoms with van der Waals surface area (Å²) < 4.78 is 8.25. The van der Waals surface area contributed by atoms with Gasteiger partial charge in [0.1, 0.15) is 12.4 Å². The molecule has 0 fully saturated rings. The molecule has 1 heterocycles. The van der Waals surface area contributed by atoms with E-state index in [4.69, 9.17) is 16.3 Å². The Morgan fingerprint density at radius 3 is 2.53 bits per heavy atom. The first-order chi connectivity index (χ1) is 15.4. The first-order valence-electron chi connectivity index (χ1n) is 10.2. The Balaban J connectivity index is 1.66. The number of aryl methyl sites for hydroxylation is 1. The van der Waals surface area contributed by atoms with Crippen LogP contribution in [0, 0.1) is 0 Å². The lowest BCUT2D eigenvalue weighted by Gasteiger charge is -2.09. The van der Waals surface area contributed by atoms with Crippen molar-refractivity contribution < 1.29 is 14.3 Å². The highest BCUT2D eigenvalue weighted by molar-refractivity contribution is 9.10. The molecule has 0 aliphatic heterocycles. The molecule has 3 aromatic rings. The summed E-state index contributed by atoms with van der Waals surface area (Å²) in [5.41, 5.74) is 1.92. The number of hydrogen-bond acceptors (Lipinski definition) is 4. The van der Waals surface area contributed by atoms with Crippen molar-refractivity contribution in [2.45, 2.75) is 33.4 Å². The van der Waals surface area contributed by atoms with Crippen LogP contribution in [-0.2, 0) is 13.2 Å². The number of anilines is 1. The molecule has 3 rings (SSSR count). The number of halogens is 2. The summed E-state index contributed by atoms with van der Waals surface area (Å²) in [6.45, 7) is 5.32. The van der Waals surface area contributed by atoms with E-state index in [0.717, 1.165) is 16.5 Å². The Bertz CT molecular complexity index is 1100. The number of aromatic nitrogens is 2. The Hall–Kier alpha value is -2.84. The first-order valence-corrected chi connectivity index (χ1v) is 11.4. The van der Waals surface area contributed by atoms with Gasteiger partial charge in [-0.2, -0.15) is 5.10 Å². The molecule has 0 bridgehead atoms. The van der Waals surface area contributed by atoms with Crippen molar-refractivity contribution in [3.63, 3.8) is 0 Å². The van der Waals surface area contributed by atoms with Crippen LogP contribution in [0.3, 0.4) is 0 Å². The van der Waals surface area contributed by atoms with Gasteiger partial charge in [0.25, 0.3) is 11.8 Å². The van der Waals surface area contributed by atoms with E-state index in [1.807, 2.05) is 32.0 Å². The van der Waals surface area contributed by atoms with E-state index in [9.17, 15) is 9.59 Å². The third-order valence-electron chi connectivity index (χ3n) is 4.59. The van der Waals surface area contributed by atoms with Crippen LogP contribution in [0.25, 0.3) is 0 Å². The second-order valence-electron chi connectivity index (χ2n) is 7.02. The van der Waals surface area contributed by atoms with Gasteiger partial charge in [0.2, 0.25) is 0 Å². The number of hydrogen-bond donors (Lipinski definition) is 2. The average Bonchev–Trinajstić information content (AvgIpc) is 3.20. The molecule has 0 saturated heterocycles. The molecule has 0 aliphatic carbocycles. The molecule has 9 heteroatoms. The second-order valence-corrected chi connectivity index (χ2v) is 8.34. The molecular formula is C23H24BrClN4O3. The van der Waals surface area contributed by atoms with E-state index in [-0.39, 0.29) is 17.5 Å². The van der Waals surface area contributed by atoms with Gasteiger partial charge in [-0.15, -0.1) is 0 Å². The fourth-order valence-corrected chi connectivity index (χ4v) is 3.59. The third kappa shape index (κ3) is 6.11. The summed E-state index contributed by atoms with van der Waals surface area (Å²) >= 11 is 9.53. The molecule has 0 unspecified atom stereocenters. The smallest absolute Gasteiger partial charge is 0.273 e. The summed E-state index contributed by atoms with van der Waals surface area (Å²) in [7, 11) is 0. The summed E-state index contributed by atoms with van der Waals surface area (Å²) in [6, 6.07) is 12.4. The van der Waals surface area contributed by atoms with E-state index < -0.39 is 0 Å². The Morgan fingerprint density at radius 2 is 1.88 bits per heavy atom. The van der Waals surface area contributed by atoms with Gasteiger partial charge in [0.15, 0.2) is 5.69 Å². The van der Waals surface area contributed by atoms with Crippen LogP contribution in [0.4, 0.5) is 5.69 Å². The summed E-state index contributed by atoms with van der Waals surface area (Å²) in [6.07, 6.45) is 2.47. The summed E-state index contributed by atoms with van der Waals surface area (Å²) in [5, 5.41) is 10.4. The van der Waals surface area contributed by atoms with Crippen molar-refractivity contribution >= 4 is 45.0 Å². The van der Waals surface area contributed by atoms with Crippen molar-refractivity contribution in [1.29, 1.82) is 0 Å². The van der Waals surface area contributed by atoms with Gasteiger partial charge in [-0.1, -0.05) is 46.6 Å². The van der Waals surface area contributed by atoms with E-state index in [2.05, 4.69) is 31.7 Å². The zero-order valence-electron chi connectivity index (χ0n) is 17.8. The van der Waals surface area contributed by atoms with Crippen molar-refractivity contribution in [1.82, 2.24) is 15.1 Å². The highest BCUT2D eigenvalue weighted by Gasteiger charge is 2.18. The normalized spacial score (nSPS) is 10.6. The molecule has 1 aromatic heterocycles. The lowest BCUT2D eigenvalue weighted by molar-refractivity contribution is 0.0948. The van der Waals surface area contributed by atoms with Gasteiger partial charge < -0.3 is 15.4 Å². The average molecular weight is 520 g/mol. The minimum absolute atomic E-state index is 0.199. The summed E-state index contributed by atoms with van der Waals surface area (Å²) in [4.78, 5) is 25.1. The van der Waals surface area contributed by atoms with Crippen LogP contribution in [0.2, 0.25) is 5.02 Å². The van der Waals surface area contributed by atoms with Crippen LogP contribution in [0.5, 0.6) is 5.75 Å². The molecule has 0 saturated carbocycles. The van der Waals surface area contributed by atoms with Crippen molar-refractivity contribution in [2.75, 3.05) is 11.9 Å². The number of nitrogens with one attached hydrogen (secondary N) is 2. The highest BCUT2D eigenvalue weighted by atomic mass is 79.9. The molecule has 32 heavy (non-hydrogen) atoms. The van der Waals surface area contributed by atoms with E-state index in [1.165, 1.54) is 0 Å². The molecule has 2 N–H and O–H groups in total. The maximum absolute atomic E-state index is 12.7. The van der Waals surface area contributed by atoms with E-state index in [0.29, 0.717) is 41.7 Å². The van der Waals surface area contributed by atoms with E-state index in [1.54, 1.807) is 35.1 Å². The molecular weight excluding hydrogens is 496 g/mol. The maximum atomic E-state index is 12.7. The minimum atomic E-state index is -0.325. The first kappa shape index (κ1) is 23.8. The van der Waals surface area contributed by atoms with E-state index >= 15 is 0 Å². The van der Waals surface area contributed by atoms with Gasteiger partial charge in [-0.3, -0.25) is 14.3 Å². The SMILES string of the molecule is CCCNC(=O)c1nn(CC)cc1NC(=O)c1ccc(COc2ccc(Br)cc2Cl)cc1. The minimum Gasteiger partial charge on any atom is -0.487 e. The molecule has 168 valence electrons. The molecule has 2 amide bonds. The largest absolute Gasteiger partial charge is 0.487 e. The van der Waals surface area contributed by atoms with Gasteiger partial charge in [-0.05, 0) is 49.2 Å². The maximum Gasteiger partial charge on any atom is 0.273 e. The lowest BCUT2D eigenvalue weighted by atomic mass is 10.1. The monoisotopic (exact) mass is 518 g/mol. The van der Waals surface area contributed by atoms with Gasteiger partial charge in [0.05, 0.1) is 10.7 Å². The predicted octanol–water partition coefficient (Wildman–Crippen LogP) is 5.29. The molecule has 0 spiro atoms. The number of carbonyl (C=O) groups excluding carboxylic acids is 2. The zero-order valence-corrected chi connectivity index (χ0v) is 20.2. The lowest BCUT2D eigenvalue weighted by Crippen LogP contribution is -2.26. The Morgan fingerprint density at radius 1 is 1.12 bits per heavy atom. The number of rotatable bonds is 9. The predicted molar refractivity (Wildman–Crippen MR) is 128 cm³/mol. The fraction of sp³-hybridized carbons (Fsp3) is 0.261. The molecule has 0 radical (unpaired) electrons. The van der Waals surface area contributed by atoms with Gasteiger partial charge in [0, 0.05) is 29.3 Å². The standard InChI is InChI=1S/C23H24BrClN4O3/c1-3-11-26-23(31)21-19(13-29(4-2)28-21)27-22(30)16-7-5-15(6-8-16)14-32-20-10-9-17(24)12-18(20)25/h5-10,12-13H,3-4,11,14H2,1-2H3,(H,26,31)(H,27,30). The van der Waals surface area contributed by atoms with Gasteiger partial charge in [-0.25, -0.2) is 0 Å². The van der Waals surface area contributed by atoms with Crippen molar-refractivity contribution in [3.8, 4) is 5.75 Å². The molecule has 0 aliphatic rings. The van der Waals surface area contributed by atoms with Crippen LogP contribution < -0.4 is 15.4 Å². The number of benzene rings is 2. The second kappa shape index (κ2) is 11.2. The van der Waals surface area contributed by atoms with Crippen LogP contribution >= 0.6 is 27.5 Å². The Kier molecular flexibility index (Phi) is 8.30. The van der Waals surface area contributed by atoms with Crippen LogP contribution in [-0.4, -0.2) is 28.1 Å². The zero-order chi connectivity index (χ0) is 23.1. The van der Waals surface area contributed by atoms with Crippen LogP contribution in [0.1, 0.15) is 46.7 Å². The molecule has 7 nitrogen and oxygen atoms in total. The Labute approximate surface area is 200 Å². The highest BCUT2D eigenvalue weighted by Crippen LogP contribution is 2.28. The quantitative estimate of drug-likeness (QED) is 0.402. The fourth-order valence-electron chi connectivity index (χ4n) is 2.86. The number of carbonyl (C=O) groups is 2. The molecule has 2 aromatic carbocycles. The van der Waals surface area contributed by atoms with Crippen molar-refractivity contribution in [2.24, 2.45) is 0 Å². The third-order valence-corrected chi connectivity index (χ3v) is 5.38. The topological polar surface area (TPSA) is 85.3 Å². The number of nitrogens with zero attached hydrogens (tertiary/aromatic N) is 2. The van der Waals surface area contributed by atoms with Crippen LogP contribution in [0.15, 0.2) is 53.1 Å². The number of ether oxygens (including phenoxy) is 1.